The van der Waals surface area contributed by atoms with Gasteiger partial charge in [-0.2, -0.15) is 5.10 Å². The van der Waals surface area contributed by atoms with E-state index in [-0.39, 0.29) is 29.0 Å². The molecule has 1 atom stereocenters. The molecule has 4 aliphatic rings. The monoisotopic (exact) mass is 856 g/mol. The van der Waals surface area contributed by atoms with Crippen LogP contribution in [0.1, 0.15) is 90.9 Å². The number of nitrogens with one attached hydrogen (secondary N) is 3. The molecular weight excluding hydrogens is 809 g/mol. The quantitative estimate of drug-likeness (QED) is 0.0704. The normalized spacial score (nSPS) is 20.8. The summed E-state index contributed by atoms with van der Waals surface area (Å²) in [5.41, 5.74) is 4.95. The van der Waals surface area contributed by atoms with E-state index in [9.17, 15) is 23.3 Å². The lowest BCUT2D eigenvalue weighted by atomic mass is 9.84. The second kappa shape index (κ2) is 16.6. The molecule has 2 saturated carbocycles. The number of anilines is 1. The van der Waals surface area contributed by atoms with Crippen LogP contribution in [0.4, 0.5) is 11.4 Å². The number of nitro benzene ring substituents is 1. The van der Waals surface area contributed by atoms with Crippen LogP contribution in [0.25, 0.3) is 22.2 Å². The van der Waals surface area contributed by atoms with Gasteiger partial charge in [0, 0.05) is 61.3 Å². The number of carbonyl (C=O) groups is 1. The first kappa shape index (κ1) is 40.0. The fourth-order valence-corrected chi connectivity index (χ4v) is 10.4. The summed E-state index contributed by atoms with van der Waals surface area (Å²) in [7, 11) is -4.56. The summed E-state index contributed by atoms with van der Waals surface area (Å²) in [6, 6.07) is 22.3. The zero-order valence-electron chi connectivity index (χ0n) is 34.1. The second-order valence-corrected chi connectivity index (χ2v) is 18.7. The first-order valence-electron chi connectivity index (χ1n) is 21.5. The highest BCUT2D eigenvalue weighted by atomic mass is 32.2. The molecule has 0 unspecified atom stereocenters. The van der Waals surface area contributed by atoms with Crippen LogP contribution in [0, 0.1) is 16.0 Å². The van der Waals surface area contributed by atoms with Gasteiger partial charge in [-0.15, -0.1) is 0 Å². The number of H-pyrrole nitrogens is 1. The smallest absolute Gasteiger partial charge is 0.293 e. The number of rotatable bonds is 14. The van der Waals surface area contributed by atoms with Crippen LogP contribution < -0.4 is 14.8 Å². The van der Waals surface area contributed by atoms with E-state index in [1.54, 1.807) is 30.6 Å². The Morgan fingerprint density at radius 2 is 1.76 bits per heavy atom. The highest BCUT2D eigenvalue weighted by molar-refractivity contribution is 7.90. The van der Waals surface area contributed by atoms with Crippen molar-refractivity contribution in [3.63, 3.8) is 0 Å². The molecule has 0 spiro atoms. The summed E-state index contributed by atoms with van der Waals surface area (Å²) in [5.74, 6) is 0.449. The Labute approximate surface area is 359 Å². The van der Waals surface area contributed by atoms with Crippen LogP contribution in [0.5, 0.6) is 11.5 Å². The summed E-state index contributed by atoms with van der Waals surface area (Å²) in [6.45, 7) is 2.85. The number of ether oxygens (including phenoxy) is 2. The minimum atomic E-state index is -4.56. The maximum Gasteiger partial charge on any atom is 0.293 e. The number of likely N-dealkylation sites (tertiary alicyclic amines) is 1. The first-order valence-corrected chi connectivity index (χ1v) is 23.0. The summed E-state index contributed by atoms with van der Waals surface area (Å²) in [6.07, 6.45) is 15.7. The van der Waals surface area contributed by atoms with E-state index in [2.05, 4.69) is 49.2 Å². The third kappa shape index (κ3) is 8.17. The molecule has 15 nitrogen and oxygen atoms in total. The lowest BCUT2D eigenvalue weighted by Gasteiger charge is -2.44. The third-order valence-electron chi connectivity index (χ3n) is 13.0. The topological polar surface area (TPSA) is 187 Å². The first-order chi connectivity index (χ1) is 30.2. The van der Waals surface area contributed by atoms with Gasteiger partial charge in [-0.3, -0.25) is 24.5 Å². The highest BCUT2D eigenvalue weighted by Crippen LogP contribution is 2.48. The Hall–Kier alpha value is -6.10. The van der Waals surface area contributed by atoms with Gasteiger partial charge in [0.2, 0.25) is 0 Å². The molecule has 3 aromatic heterocycles. The van der Waals surface area contributed by atoms with Crippen LogP contribution in [0.2, 0.25) is 0 Å². The number of hydrogen-bond acceptors (Lipinski definition) is 11. The number of hydrogen-bond donors (Lipinski definition) is 3. The maximum absolute atomic E-state index is 13.9. The number of benzene rings is 3. The fourth-order valence-electron chi connectivity index (χ4n) is 9.37. The van der Waals surface area contributed by atoms with Gasteiger partial charge in [-0.1, -0.05) is 30.3 Å². The molecule has 10 rings (SSSR count). The average Bonchev–Trinajstić information content (AvgIpc) is 3.57. The van der Waals surface area contributed by atoms with Crippen molar-refractivity contribution in [1.82, 2.24) is 29.4 Å². The van der Waals surface area contributed by atoms with Gasteiger partial charge in [0.05, 0.1) is 33.8 Å². The summed E-state index contributed by atoms with van der Waals surface area (Å²) >= 11 is 0. The molecule has 16 heteroatoms. The minimum absolute atomic E-state index is 0.0617. The molecule has 2 aliphatic heterocycles. The second-order valence-electron chi connectivity index (χ2n) is 17.0. The van der Waals surface area contributed by atoms with Crippen LogP contribution in [0.3, 0.4) is 0 Å². The van der Waals surface area contributed by atoms with Gasteiger partial charge in [0.15, 0.2) is 0 Å². The molecule has 0 bridgehead atoms. The lowest BCUT2D eigenvalue weighted by Crippen LogP contribution is -2.45. The Kier molecular flexibility index (Phi) is 10.7. The van der Waals surface area contributed by atoms with Gasteiger partial charge < -0.3 is 19.8 Å². The van der Waals surface area contributed by atoms with Crippen LogP contribution >= 0.6 is 0 Å². The molecule has 1 amide bonds. The maximum atomic E-state index is 13.9. The number of pyridine rings is 1. The van der Waals surface area contributed by atoms with Crippen LogP contribution in [-0.2, 0) is 14.8 Å². The van der Waals surface area contributed by atoms with Crippen molar-refractivity contribution in [1.29, 1.82) is 0 Å². The van der Waals surface area contributed by atoms with Gasteiger partial charge in [-0.25, -0.2) is 18.1 Å². The van der Waals surface area contributed by atoms with E-state index in [1.165, 1.54) is 61.2 Å². The van der Waals surface area contributed by atoms with Gasteiger partial charge >= 0.3 is 0 Å². The molecule has 0 radical (unpaired) electrons. The van der Waals surface area contributed by atoms with Gasteiger partial charge in [0.25, 0.3) is 21.6 Å². The van der Waals surface area contributed by atoms with E-state index in [4.69, 9.17) is 14.6 Å². The van der Waals surface area contributed by atoms with E-state index in [0.29, 0.717) is 48.8 Å². The number of aromatic nitrogens is 4. The molecule has 3 N–H and O–H groups in total. The zero-order valence-corrected chi connectivity index (χ0v) is 34.9. The van der Waals surface area contributed by atoms with Crippen molar-refractivity contribution >= 4 is 38.3 Å². The van der Waals surface area contributed by atoms with Crippen LogP contribution in [-0.4, -0.2) is 76.2 Å². The number of sulfonamides is 1. The van der Waals surface area contributed by atoms with Crippen molar-refractivity contribution in [2.75, 3.05) is 31.6 Å². The molecule has 320 valence electrons. The number of fused-ring (bicyclic) bond motifs is 1. The highest BCUT2D eigenvalue weighted by Gasteiger charge is 2.42. The standard InChI is InChI=1S/C46H48N8O7S/c55-46(51-62(58,59)37-10-12-41(43(24-37)54(56)57)48-25-29-14-18-60-19-15-29)40-11-9-31(21-44(40)61-36-20-32-13-16-47-45(32)49-27-36)33-26-50-53(28-33)35-22-34(23-35)52-17-3-6-42(52)39-5-2-1-4-38(39)30-7-8-30/h1-2,4-5,9-13,16,20-21,24,26-30,34-35,42,48H,3,6-8,14-15,17-19,22-23,25H2,(H,47,49)(H,51,55)/t34?,35?,42-/m0/s1. The van der Waals surface area contributed by atoms with Gasteiger partial charge in [0.1, 0.15) is 22.8 Å². The number of aromatic amines is 1. The Bertz CT molecular complexity index is 2750. The summed E-state index contributed by atoms with van der Waals surface area (Å²) in [4.78, 5) is 35.1. The molecule has 6 aromatic rings. The molecule has 3 aromatic carbocycles. The molecule has 4 fully saturated rings. The van der Waals surface area contributed by atoms with Crippen molar-refractivity contribution < 1.29 is 27.6 Å². The summed E-state index contributed by atoms with van der Waals surface area (Å²) < 4.78 is 43.2. The van der Waals surface area contributed by atoms with Crippen molar-refractivity contribution in [2.45, 2.75) is 80.3 Å². The van der Waals surface area contributed by atoms with E-state index in [1.807, 2.05) is 16.9 Å². The van der Waals surface area contributed by atoms with E-state index >= 15 is 0 Å². The SMILES string of the molecule is O=C(NS(=O)(=O)c1ccc(NCC2CCOCC2)c([N+](=O)[O-])c1)c1ccc(-c2cnn(C3CC(N4CCC[C@H]4c4ccccc4C4CC4)C3)c2)cc1Oc1cnc2[nH]ccc2c1. The fraction of sp³-hybridized carbons (Fsp3) is 0.370. The number of amides is 1. The molecule has 2 saturated heterocycles. The van der Waals surface area contributed by atoms with E-state index < -0.39 is 31.4 Å². The third-order valence-corrected chi connectivity index (χ3v) is 14.3. The Morgan fingerprint density at radius 1 is 0.935 bits per heavy atom. The number of carbonyl (C=O) groups excluding carboxylic acids is 1. The molecule has 5 heterocycles. The number of nitrogens with zero attached hydrogens (tertiary/aromatic N) is 5. The number of nitro groups is 1. The Morgan fingerprint density at radius 3 is 2.56 bits per heavy atom. The Balaban J connectivity index is 0.870. The van der Waals surface area contributed by atoms with Crippen molar-refractivity contribution in [3.05, 3.63) is 124 Å². The molecule has 2 aliphatic carbocycles. The zero-order chi connectivity index (χ0) is 42.4. The molecular formula is C46H48N8O7S. The van der Waals surface area contributed by atoms with Crippen molar-refractivity contribution in [3.8, 4) is 22.6 Å². The average molecular weight is 857 g/mol. The van der Waals surface area contributed by atoms with Crippen molar-refractivity contribution in [2.24, 2.45) is 5.92 Å². The van der Waals surface area contributed by atoms with Crippen LogP contribution in [0.15, 0.2) is 102 Å². The van der Waals surface area contributed by atoms with Gasteiger partial charge in [-0.05, 0) is 123 Å². The lowest BCUT2D eigenvalue weighted by molar-refractivity contribution is -0.384. The summed E-state index contributed by atoms with van der Waals surface area (Å²) in [5, 5.41) is 20.7. The predicted octanol–water partition coefficient (Wildman–Crippen LogP) is 8.50. The minimum Gasteiger partial charge on any atom is -0.455 e. The van der Waals surface area contributed by atoms with E-state index in [0.717, 1.165) is 55.2 Å². The molecule has 62 heavy (non-hydrogen) atoms. The predicted molar refractivity (Wildman–Crippen MR) is 233 cm³/mol. The largest absolute Gasteiger partial charge is 0.455 e.